The van der Waals surface area contributed by atoms with Gasteiger partial charge in [-0.15, -0.1) is 0 Å². The van der Waals surface area contributed by atoms with Crippen LogP contribution in [-0.2, 0) is 13.1 Å². The van der Waals surface area contributed by atoms with E-state index in [0.717, 1.165) is 49.0 Å². The number of rotatable bonds is 8. The van der Waals surface area contributed by atoms with Crippen molar-refractivity contribution in [2.24, 2.45) is 0 Å². The molecular weight excluding hydrogens is 344 g/mol. The molecule has 0 atom stereocenters. The van der Waals surface area contributed by atoms with Crippen molar-refractivity contribution >= 4 is 5.69 Å². The fourth-order valence-electron chi connectivity index (χ4n) is 3.48. The Bertz CT molecular complexity index is 852. The standard InChI is InChI=1S/C24H30N4/c1-18-8-5-9-19(2)24(18)25-14-15-28(16-22-12-6-10-20(3)26-22)17-23-13-7-11-21(4)27-23/h5-13,25H,14-17H2,1-4H3. The first-order valence-electron chi connectivity index (χ1n) is 9.89. The van der Waals surface area contributed by atoms with E-state index >= 15 is 0 Å². The normalized spacial score (nSPS) is 11.0. The molecule has 0 radical (unpaired) electrons. The summed E-state index contributed by atoms with van der Waals surface area (Å²) in [6.45, 7) is 11.8. The van der Waals surface area contributed by atoms with Crippen LogP contribution in [0.4, 0.5) is 5.69 Å². The van der Waals surface area contributed by atoms with Crippen LogP contribution in [-0.4, -0.2) is 28.0 Å². The highest BCUT2D eigenvalue weighted by Crippen LogP contribution is 2.19. The van der Waals surface area contributed by atoms with Crippen molar-refractivity contribution in [2.45, 2.75) is 40.8 Å². The topological polar surface area (TPSA) is 41.0 Å². The third-order valence-electron chi connectivity index (χ3n) is 4.87. The van der Waals surface area contributed by atoms with Gasteiger partial charge < -0.3 is 5.32 Å². The Hall–Kier alpha value is -2.72. The number of para-hydroxylation sites is 1. The minimum Gasteiger partial charge on any atom is -0.383 e. The molecule has 0 aliphatic heterocycles. The molecule has 1 aromatic carbocycles. The monoisotopic (exact) mass is 374 g/mol. The second-order valence-electron chi connectivity index (χ2n) is 7.44. The van der Waals surface area contributed by atoms with Crippen molar-refractivity contribution in [2.75, 3.05) is 18.4 Å². The van der Waals surface area contributed by atoms with Crippen molar-refractivity contribution in [1.82, 2.24) is 14.9 Å². The molecule has 3 aromatic rings. The Labute approximate surface area is 168 Å². The second-order valence-corrected chi connectivity index (χ2v) is 7.44. The Balaban J connectivity index is 1.70. The summed E-state index contributed by atoms with van der Waals surface area (Å²) in [7, 11) is 0. The Morgan fingerprint density at radius 3 is 1.71 bits per heavy atom. The van der Waals surface area contributed by atoms with Gasteiger partial charge >= 0.3 is 0 Å². The average molecular weight is 375 g/mol. The summed E-state index contributed by atoms with van der Waals surface area (Å²) >= 11 is 0. The zero-order chi connectivity index (χ0) is 19.9. The highest BCUT2D eigenvalue weighted by Gasteiger charge is 2.10. The maximum atomic E-state index is 4.68. The van der Waals surface area contributed by atoms with Gasteiger partial charge in [0.2, 0.25) is 0 Å². The molecular formula is C24H30N4. The number of nitrogens with zero attached hydrogens (tertiary/aromatic N) is 3. The fourth-order valence-corrected chi connectivity index (χ4v) is 3.48. The van der Waals surface area contributed by atoms with E-state index in [1.807, 2.05) is 26.0 Å². The minimum absolute atomic E-state index is 0.811. The number of anilines is 1. The van der Waals surface area contributed by atoms with Crippen LogP contribution in [0, 0.1) is 27.7 Å². The van der Waals surface area contributed by atoms with Gasteiger partial charge in [-0.05, 0) is 63.1 Å². The van der Waals surface area contributed by atoms with E-state index < -0.39 is 0 Å². The molecule has 0 aliphatic carbocycles. The molecule has 0 saturated heterocycles. The summed E-state index contributed by atoms with van der Waals surface area (Å²) in [5.41, 5.74) is 8.11. The van der Waals surface area contributed by atoms with Crippen molar-refractivity contribution < 1.29 is 0 Å². The Morgan fingerprint density at radius 2 is 1.21 bits per heavy atom. The number of pyridine rings is 2. The maximum absolute atomic E-state index is 4.68. The second kappa shape index (κ2) is 9.47. The fraction of sp³-hybridized carbons (Fsp3) is 0.333. The highest BCUT2D eigenvalue weighted by atomic mass is 15.2. The predicted octanol–water partition coefficient (Wildman–Crippen LogP) is 4.82. The van der Waals surface area contributed by atoms with E-state index in [0.29, 0.717) is 0 Å². The maximum Gasteiger partial charge on any atom is 0.0547 e. The van der Waals surface area contributed by atoms with Gasteiger partial charge in [0.05, 0.1) is 11.4 Å². The van der Waals surface area contributed by atoms with Gasteiger partial charge in [-0.3, -0.25) is 14.9 Å². The van der Waals surface area contributed by atoms with Gasteiger partial charge in [0.25, 0.3) is 0 Å². The van der Waals surface area contributed by atoms with Gasteiger partial charge in [0, 0.05) is 43.3 Å². The van der Waals surface area contributed by atoms with E-state index in [2.05, 4.69) is 76.5 Å². The number of hydrogen-bond acceptors (Lipinski definition) is 4. The van der Waals surface area contributed by atoms with Crippen LogP contribution in [0.3, 0.4) is 0 Å². The lowest BCUT2D eigenvalue weighted by Crippen LogP contribution is -2.29. The molecule has 0 spiro atoms. The van der Waals surface area contributed by atoms with E-state index in [-0.39, 0.29) is 0 Å². The molecule has 0 fully saturated rings. The van der Waals surface area contributed by atoms with Crippen LogP contribution in [0.15, 0.2) is 54.6 Å². The van der Waals surface area contributed by atoms with Gasteiger partial charge in [0.15, 0.2) is 0 Å². The quantitative estimate of drug-likeness (QED) is 0.613. The highest BCUT2D eigenvalue weighted by molar-refractivity contribution is 5.56. The number of aryl methyl sites for hydroxylation is 4. The summed E-state index contributed by atoms with van der Waals surface area (Å²) in [5, 5.41) is 3.62. The van der Waals surface area contributed by atoms with Crippen molar-refractivity contribution in [3.8, 4) is 0 Å². The summed E-state index contributed by atoms with van der Waals surface area (Å²) in [6.07, 6.45) is 0. The van der Waals surface area contributed by atoms with Crippen LogP contribution >= 0.6 is 0 Å². The molecule has 1 N–H and O–H groups in total. The number of hydrogen-bond donors (Lipinski definition) is 1. The lowest BCUT2D eigenvalue weighted by atomic mass is 10.1. The van der Waals surface area contributed by atoms with Crippen molar-refractivity contribution in [3.63, 3.8) is 0 Å². The lowest BCUT2D eigenvalue weighted by molar-refractivity contribution is 0.260. The van der Waals surface area contributed by atoms with E-state index in [1.165, 1.54) is 16.8 Å². The smallest absolute Gasteiger partial charge is 0.0547 e. The van der Waals surface area contributed by atoms with Gasteiger partial charge in [0.1, 0.15) is 0 Å². The summed E-state index contributed by atoms with van der Waals surface area (Å²) < 4.78 is 0. The average Bonchev–Trinajstić information content (AvgIpc) is 2.64. The predicted molar refractivity (Wildman–Crippen MR) is 116 cm³/mol. The SMILES string of the molecule is Cc1cccc(CN(CCNc2c(C)cccc2C)Cc2cccc(C)n2)n1. The molecule has 2 aromatic heterocycles. The summed E-state index contributed by atoms with van der Waals surface area (Å²) in [5.74, 6) is 0. The van der Waals surface area contributed by atoms with Crippen molar-refractivity contribution in [1.29, 1.82) is 0 Å². The molecule has 146 valence electrons. The van der Waals surface area contributed by atoms with Crippen LogP contribution in [0.2, 0.25) is 0 Å². The molecule has 3 rings (SSSR count). The Kier molecular flexibility index (Phi) is 6.77. The van der Waals surface area contributed by atoms with Gasteiger partial charge in [-0.2, -0.15) is 0 Å². The van der Waals surface area contributed by atoms with Crippen LogP contribution < -0.4 is 5.32 Å². The lowest BCUT2D eigenvalue weighted by Gasteiger charge is -2.23. The first-order valence-corrected chi connectivity index (χ1v) is 9.89. The molecule has 4 nitrogen and oxygen atoms in total. The molecule has 2 heterocycles. The number of aromatic nitrogens is 2. The van der Waals surface area contributed by atoms with Crippen LogP contribution in [0.5, 0.6) is 0 Å². The van der Waals surface area contributed by atoms with E-state index in [1.54, 1.807) is 0 Å². The minimum atomic E-state index is 0.811. The van der Waals surface area contributed by atoms with E-state index in [4.69, 9.17) is 0 Å². The molecule has 0 unspecified atom stereocenters. The molecule has 0 saturated carbocycles. The molecule has 0 amide bonds. The summed E-state index contributed by atoms with van der Waals surface area (Å²) in [4.78, 5) is 11.8. The van der Waals surface area contributed by atoms with Crippen LogP contribution in [0.1, 0.15) is 33.9 Å². The third kappa shape index (κ3) is 5.64. The number of benzene rings is 1. The van der Waals surface area contributed by atoms with Crippen molar-refractivity contribution in [3.05, 3.63) is 88.5 Å². The Morgan fingerprint density at radius 1 is 0.714 bits per heavy atom. The summed E-state index contributed by atoms with van der Waals surface area (Å²) in [6, 6.07) is 18.9. The first kappa shape index (κ1) is 20.0. The van der Waals surface area contributed by atoms with Gasteiger partial charge in [-0.25, -0.2) is 0 Å². The zero-order valence-corrected chi connectivity index (χ0v) is 17.4. The largest absolute Gasteiger partial charge is 0.383 e. The van der Waals surface area contributed by atoms with Gasteiger partial charge in [-0.1, -0.05) is 30.3 Å². The molecule has 0 bridgehead atoms. The van der Waals surface area contributed by atoms with E-state index in [9.17, 15) is 0 Å². The number of nitrogens with one attached hydrogen (secondary N) is 1. The first-order chi connectivity index (χ1) is 13.5. The van der Waals surface area contributed by atoms with Crippen LogP contribution in [0.25, 0.3) is 0 Å². The zero-order valence-electron chi connectivity index (χ0n) is 17.4. The third-order valence-corrected chi connectivity index (χ3v) is 4.87. The molecule has 28 heavy (non-hydrogen) atoms. The molecule has 4 heteroatoms. The molecule has 0 aliphatic rings.